The second-order valence-electron chi connectivity index (χ2n) is 4.10. The topological polar surface area (TPSA) is 68.1 Å². The van der Waals surface area contributed by atoms with Gasteiger partial charge in [-0.2, -0.15) is 0 Å². The van der Waals surface area contributed by atoms with Crippen molar-refractivity contribution in [3.8, 4) is 0 Å². The zero-order valence-corrected chi connectivity index (χ0v) is 11.0. The lowest BCUT2D eigenvalue weighted by atomic mass is 10.2. The molecule has 0 radical (unpaired) electrons. The molecule has 98 valence electrons. The van der Waals surface area contributed by atoms with Gasteiger partial charge in [-0.25, -0.2) is 0 Å². The molecular formula is C13H12ClN3O2. The third kappa shape index (κ3) is 3.42. The molecule has 0 aliphatic rings. The number of aryl methyl sites for hydroxylation is 1. The van der Waals surface area contributed by atoms with Crippen LogP contribution in [0.5, 0.6) is 0 Å². The fourth-order valence-corrected chi connectivity index (χ4v) is 1.77. The van der Waals surface area contributed by atoms with E-state index in [1.165, 1.54) is 18.2 Å². The van der Waals surface area contributed by atoms with Gasteiger partial charge in [-0.15, -0.1) is 0 Å². The van der Waals surface area contributed by atoms with Crippen LogP contribution < -0.4 is 5.32 Å². The molecule has 19 heavy (non-hydrogen) atoms. The molecule has 0 saturated carbocycles. The van der Waals surface area contributed by atoms with Gasteiger partial charge in [0.25, 0.3) is 5.69 Å². The molecule has 1 heterocycles. The van der Waals surface area contributed by atoms with Gasteiger partial charge in [0, 0.05) is 17.3 Å². The summed E-state index contributed by atoms with van der Waals surface area (Å²) in [6.07, 6.45) is 1.75. The van der Waals surface area contributed by atoms with Crippen molar-refractivity contribution in [2.75, 3.05) is 5.32 Å². The molecule has 0 spiro atoms. The number of hydrogen-bond acceptors (Lipinski definition) is 4. The monoisotopic (exact) mass is 277 g/mol. The Morgan fingerprint density at radius 3 is 2.79 bits per heavy atom. The Labute approximate surface area is 115 Å². The van der Waals surface area contributed by atoms with E-state index in [-0.39, 0.29) is 5.69 Å². The van der Waals surface area contributed by atoms with Gasteiger partial charge in [-0.3, -0.25) is 15.1 Å². The maximum atomic E-state index is 10.9. The van der Waals surface area contributed by atoms with E-state index >= 15 is 0 Å². The van der Waals surface area contributed by atoms with Crippen LogP contribution in [0.25, 0.3) is 0 Å². The minimum Gasteiger partial charge on any atom is -0.374 e. The van der Waals surface area contributed by atoms with Crippen LogP contribution in [0.1, 0.15) is 11.3 Å². The van der Waals surface area contributed by atoms with Gasteiger partial charge >= 0.3 is 0 Å². The molecule has 0 atom stereocenters. The van der Waals surface area contributed by atoms with Crippen LogP contribution in [0.4, 0.5) is 11.4 Å². The summed E-state index contributed by atoms with van der Waals surface area (Å²) in [5.41, 5.74) is 2.26. The van der Waals surface area contributed by atoms with Crippen LogP contribution in [0.2, 0.25) is 5.02 Å². The molecule has 0 bridgehead atoms. The molecule has 0 fully saturated rings. The Bertz CT molecular complexity index is 599. The normalized spacial score (nSPS) is 10.2. The summed E-state index contributed by atoms with van der Waals surface area (Å²) in [5.74, 6) is 0. The summed E-state index contributed by atoms with van der Waals surface area (Å²) in [6, 6.07) is 8.23. The van der Waals surface area contributed by atoms with Crippen molar-refractivity contribution in [3.63, 3.8) is 0 Å². The van der Waals surface area contributed by atoms with Gasteiger partial charge in [-0.05, 0) is 30.7 Å². The van der Waals surface area contributed by atoms with Crippen molar-refractivity contribution in [2.45, 2.75) is 13.5 Å². The molecule has 0 unspecified atom stereocenters. The number of nitrogens with one attached hydrogen (secondary N) is 1. The van der Waals surface area contributed by atoms with Crippen molar-refractivity contribution in [2.24, 2.45) is 0 Å². The van der Waals surface area contributed by atoms with Gasteiger partial charge in [0.2, 0.25) is 0 Å². The predicted octanol–water partition coefficient (Wildman–Crippen LogP) is 3.56. The smallest absolute Gasteiger partial charge is 0.292 e. The highest BCUT2D eigenvalue weighted by Gasteiger charge is 2.13. The van der Waals surface area contributed by atoms with Crippen molar-refractivity contribution < 1.29 is 4.92 Å². The number of benzene rings is 1. The number of nitro groups is 1. The standard InChI is InChI=1S/C13H12ClN3O2/c1-9-2-4-11(15-7-9)8-16-12-6-10(14)3-5-13(12)17(18)19/h2-7,16H,8H2,1H3. The Morgan fingerprint density at radius 2 is 2.16 bits per heavy atom. The summed E-state index contributed by atoms with van der Waals surface area (Å²) in [4.78, 5) is 14.7. The fraction of sp³-hybridized carbons (Fsp3) is 0.154. The lowest BCUT2D eigenvalue weighted by Crippen LogP contribution is -2.04. The lowest BCUT2D eigenvalue weighted by Gasteiger charge is -2.07. The van der Waals surface area contributed by atoms with E-state index < -0.39 is 4.92 Å². The van der Waals surface area contributed by atoms with Crippen molar-refractivity contribution in [1.82, 2.24) is 4.98 Å². The maximum absolute atomic E-state index is 10.9. The predicted molar refractivity (Wildman–Crippen MR) is 74.4 cm³/mol. The molecule has 0 aliphatic carbocycles. The van der Waals surface area contributed by atoms with E-state index in [0.717, 1.165) is 11.3 Å². The number of rotatable bonds is 4. The fourth-order valence-electron chi connectivity index (χ4n) is 1.60. The first-order valence-corrected chi connectivity index (χ1v) is 6.03. The average molecular weight is 278 g/mol. The molecule has 0 amide bonds. The minimum atomic E-state index is -0.443. The molecule has 1 aromatic heterocycles. The van der Waals surface area contributed by atoms with E-state index in [1.54, 1.807) is 6.20 Å². The summed E-state index contributed by atoms with van der Waals surface area (Å²) in [6.45, 7) is 2.35. The first-order valence-electron chi connectivity index (χ1n) is 5.65. The largest absolute Gasteiger partial charge is 0.374 e. The summed E-state index contributed by atoms with van der Waals surface area (Å²) < 4.78 is 0. The van der Waals surface area contributed by atoms with E-state index in [0.29, 0.717) is 17.3 Å². The van der Waals surface area contributed by atoms with E-state index in [1.807, 2.05) is 19.1 Å². The van der Waals surface area contributed by atoms with Gasteiger partial charge in [0.15, 0.2) is 0 Å². The van der Waals surface area contributed by atoms with Crippen LogP contribution in [0, 0.1) is 17.0 Å². The lowest BCUT2D eigenvalue weighted by molar-refractivity contribution is -0.384. The van der Waals surface area contributed by atoms with E-state index in [2.05, 4.69) is 10.3 Å². The molecule has 2 aromatic rings. The van der Waals surface area contributed by atoms with Crippen LogP contribution in [0.3, 0.4) is 0 Å². The molecule has 5 nitrogen and oxygen atoms in total. The Kier molecular flexibility index (Phi) is 3.97. The zero-order chi connectivity index (χ0) is 13.8. The number of nitrogens with zero attached hydrogens (tertiary/aromatic N) is 2. The number of nitro benzene ring substituents is 1. The first-order chi connectivity index (χ1) is 9.06. The highest BCUT2D eigenvalue weighted by Crippen LogP contribution is 2.27. The Balaban J connectivity index is 2.16. The first kappa shape index (κ1) is 13.3. The van der Waals surface area contributed by atoms with Gasteiger partial charge in [0.05, 0.1) is 17.2 Å². The zero-order valence-electron chi connectivity index (χ0n) is 10.3. The Morgan fingerprint density at radius 1 is 1.37 bits per heavy atom. The van der Waals surface area contributed by atoms with Gasteiger partial charge in [0.1, 0.15) is 5.69 Å². The summed E-state index contributed by atoms with van der Waals surface area (Å²) >= 11 is 5.85. The molecule has 2 rings (SSSR count). The van der Waals surface area contributed by atoms with Gasteiger partial charge in [-0.1, -0.05) is 17.7 Å². The molecule has 0 saturated heterocycles. The van der Waals surface area contributed by atoms with Crippen LogP contribution >= 0.6 is 11.6 Å². The van der Waals surface area contributed by atoms with E-state index in [4.69, 9.17) is 11.6 Å². The van der Waals surface area contributed by atoms with Crippen molar-refractivity contribution >= 4 is 23.0 Å². The average Bonchev–Trinajstić information content (AvgIpc) is 2.38. The molecular weight excluding hydrogens is 266 g/mol. The number of halogens is 1. The molecule has 1 aromatic carbocycles. The highest BCUT2D eigenvalue weighted by atomic mass is 35.5. The SMILES string of the molecule is Cc1ccc(CNc2cc(Cl)ccc2[N+](=O)[O-])nc1. The van der Waals surface area contributed by atoms with Crippen LogP contribution in [-0.4, -0.2) is 9.91 Å². The third-order valence-corrected chi connectivity index (χ3v) is 2.82. The third-order valence-electron chi connectivity index (χ3n) is 2.59. The van der Waals surface area contributed by atoms with Crippen molar-refractivity contribution in [1.29, 1.82) is 0 Å². The maximum Gasteiger partial charge on any atom is 0.292 e. The van der Waals surface area contributed by atoms with Crippen molar-refractivity contribution in [3.05, 3.63) is 62.9 Å². The number of aromatic nitrogens is 1. The van der Waals surface area contributed by atoms with Gasteiger partial charge < -0.3 is 5.32 Å². The second kappa shape index (κ2) is 5.67. The minimum absolute atomic E-state index is 0.00323. The Hall–Kier alpha value is -2.14. The highest BCUT2D eigenvalue weighted by molar-refractivity contribution is 6.31. The molecule has 0 aliphatic heterocycles. The quantitative estimate of drug-likeness (QED) is 0.685. The summed E-state index contributed by atoms with van der Waals surface area (Å²) in [5, 5.41) is 14.3. The van der Waals surface area contributed by atoms with E-state index in [9.17, 15) is 10.1 Å². The second-order valence-corrected chi connectivity index (χ2v) is 4.54. The summed E-state index contributed by atoms with van der Waals surface area (Å²) in [7, 11) is 0. The number of pyridine rings is 1. The van der Waals surface area contributed by atoms with Crippen LogP contribution in [0.15, 0.2) is 36.5 Å². The number of hydrogen-bond donors (Lipinski definition) is 1. The number of anilines is 1. The molecule has 1 N–H and O–H groups in total. The molecule has 6 heteroatoms. The van der Waals surface area contributed by atoms with Crippen LogP contribution in [-0.2, 0) is 6.54 Å².